The standard InChI is InChI=1S/C7H13NO5S/c1-13-6-2-3-8(4-6)14(11,12)5-7(9)10/h6H,2-5H2,1H3,(H,9,10). The van der Waals surface area contributed by atoms with Crippen molar-refractivity contribution in [2.75, 3.05) is 26.0 Å². The van der Waals surface area contributed by atoms with Crippen molar-refractivity contribution >= 4 is 16.0 Å². The lowest BCUT2D eigenvalue weighted by molar-refractivity contribution is -0.134. The molecular formula is C7H13NO5S. The molecule has 0 aromatic heterocycles. The molecule has 1 saturated heterocycles. The summed E-state index contributed by atoms with van der Waals surface area (Å²) < 4.78 is 28.9. The van der Waals surface area contributed by atoms with Gasteiger partial charge in [-0.25, -0.2) is 8.42 Å². The fourth-order valence-electron chi connectivity index (χ4n) is 1.39. The average Bonchev–Trinajstić information content (AvgIpc) is 2.49. The normalized spacial score (nSPS) is 23.9. The van der Waals surface area contributed by atoms with Gasteiger partial charge in [0.05, 0.1) is 6.10 Å². The third kappa shape index (κ3) is 2.66. The molecule has 1 heterocycles. The van der Waals surface area contributed by atoms with Gasteiger partial charge in [-0.2, -0.15) is 4.31 Å². The number of carbonyl (C=O) groups is 1. The van der Waals surface area contributed by atoms with Crippen LogP contribution in [0.4, 0.5) is 0 Å². The Balaban J connectivity index is 2.62. The number of carboxylic acid groups (broad SMARTS) is 1. The summed E-state index contributed by atoms with van der Waals surface area (Å²) in [6.07, 6.45) is 0.508. The van der Waals surface area contributed by atoms with Gasteiger partial charge in [-0.1, -0.05) is 0 Å². The monoisotopic (exact) mass is 223 g/mol. The van der Waals surface area contributed by atoms with Crippen LogP contribution in [0, 0.1) is 0 Å². The molecule has 0 aromatic carbocycles. The summed E-state index contributed by atoms with van der Waals surface area (Å²) in [5, 5.41) is 8.40. The van der Waals surface area contributed by atoms with Crippen LogP contribution in [0.15, 0.2) is 0 Å². The second-order valence-electron chi connectivity index (χ2n) is 3.15. The lowest BCUT2D eigenvalue weighted by Gasteiger charge is -2.14. The van der Waals surface area contributed by atoms with Gasteiger partial charge < -0.3 is 9.84 Å². The maximum Gasteiger partial charge on any atom is 0.320 e. The molecule has 0 amide bonds. The Morgan fingerprint density at radius 2 is 2.29 bits per heavy atom. The van der Waals surface area contributed by atoms with Gasteiger partial charge in [-0.3, -0.25) is 4.79 Å². The summed E-state index contributed by atoms with van der Waals surface area (Å²) in [4.78, 5) is 10.3. The smallest absolute Gasteiger partial charge is 0.320 e. The average molecular weight is 223 g/mol. The summed E-state index contributed by atoms with van der Waals surface area (Å²) in [6, 6.07) is 0. The van der Waals surface area contributed by atoms with Gasteiger partial charge in [0.2, 0.25) is 10.0 Å². The van der Waals surface area contributed by atoms with Gasteiger partial charge in [-0.15, -0.1) is 0 Å². The molecular weight excluding hydrogens is 210 g/mol. The van der Waals surface area contributed by atoms with Crippen LogP contribution >= 0.6 is 0 Å². The Morgan fingerprint density at radius 1 is 1.64 bits per heavy atom. The molecule has 1 fully saturated rings. The number of methoxy groups -OCH3 is 1. The van der Waals surface area contributed by atoms with E-state index in [-0.39, 0.29) is 12.6 Å². The minimum Gasteiger partial charge on any atom is -0.480 e. The lowest BCUT2D eigenvalue weighted by Crippen LogP contribution is -2.34. The molecule has 0 aromatic rings. The molecule has 14 heavy (non-hydrogen) atoms. The zero-order valence-electron chi connectivity index (χ0n) is 7.84. The highest BCUT2D eigenvalue weighted by molar-refractivity contribution is 7.89. The van der Waals surface area contributed by atoms with Crippen LogP contribution < -0.4 is 0 Å². The first kappa shape index (κ1) is 11.4. The van der Waals surface area contributed by atoms with Gasteiger partial charge >= 0.3 is 5.97 Å². The first-order valence-electron chi connectivity index (χ1n) is 4.18. The van der Waals surface area contributed by atoms with Crippen molar-refractivity contribution in [3.63, 3.8) is 0 Å². The van der Waals surface area contributed by atoms with Gasteiger partial charge in [0.25, 0.3) is 0 Å². The van der Waals surface area contributed by atoms with Gasteiger partial charge in [-0.05, 0) is 6.42 Å². The lowest BCUT2D eigenvalue weighted by atomic mass is 10.3. The summed E-state index contributed by atoms with van der Waals surface area (Å²) >= 11 is 0. The molecule has 6 nitrogen and oxygen atoms in total. The number of nitrogens with zero attached hydrogens (tertiary/aromatic N) is 1. The highest BCUT2D eigenvalue weighted by atomic mass is 32.2. The van der Waals surface area contributed by atoms with E-state index in [9.17, 15) is 13.2 Å². The van der Waals surface area contributed by atoms with Crippen molar-refractivity contribution < 1.29 is 23.1 Å². The highest BCUT2D eigenvalue weighted by Crippen LogP contribution is 2.15. The van der Waals surface area contributed by atoms with E-state index in [2.05, 4.69) is 0 Å². The van der Waals surface area contributed by atoms with Crippen molar-refractivity contribution in [3.8, 4) is 0 Å². The Kier molecular flexibility index (Phi) is 3.46. The van der Waals surface area contributed by atoms with Crippen LogP contribution in [0.5, 0.6) is 0 Å². The predicted molar refractivity (Wildman–Crippen MR) is 48.4 cm³/mol. The number of hydrogen-bond acceptors (Lipinski definition) is 4. The topological polar surface area (TPSA) is 83.9 Å². The molecule has 1 aliphatic heterocycles. The number of aliphatic carboxylic acids is 1. The van der Waals surface area contributed by atoms with Crippen LogP contribution in [0.2, 0.25) is 0 Å². The fraction of sp³-hybridized carbons (Fsp3) is 0.857. The van der Waals surface area contributed by atoms with E-state index >= 15 is 0 Å². The second-order valence-corrected chi connectivity index (χ2v) is 5.12. The van der Waals surface area contributed by atoms with Crippen molar-refractivity contribution in [2.45, 2.75) is 12.5 Å². The van der Waals surface area contributed by atoms with Crippen LogP contribution in [-0.4, -0.2) is 55.9 Å². The van der Waals surface area contributed by atoms with E-state index in [1.807, 2.05) is 0 Å². The van der Waals surface area contributed by atoms with Crippen molar-refractivity contribution in [3.05, 3.63) is 0 Å². The molecule has 0 aliphatic carbocycles. The fourth-order valence-corrected chi connectivity index (χ4v) is 2.66. The molecule has 0 bridgehead atoms. The maximum absolute atomic E-state index is 11.4. The minimum absolute atomic E-state index is 0.112. The van der Waals surface area contributed by atoms with Crippen LogP contribution in [0.25, 0.3) is 0 Å². The van der Waals surface area contributed by atoms with E-state index in [0.29, 0.717) is 13.0 Å². The summed E-state index contributed by atoms with van der Waals surface area (Å²) in [5.74, 6) is -2.17. The van der Waals surface area contributed by atoms with Gasteiger partial charge in [0, 0.05) is 20.2 Å². The van der Waals surface area contributed by atoms with Crippen LogP contribution in [0.1, 0.15) is 6.42 Å². The van der Waals surface area contributed by atoms with Gasteiger partial charge in [0.1, 0.15) is 0 Å². The molecule has 0 radical (unpaired) electrons. The molecule has 0 saturated carbocycles. The number of sulfonamides is 1. The zero-order valence-corrected chi connectivity index (χ0v) is 8.66. The number of rotatable bonds is 4. The molecule has 1 atom stereocenters. The maximum atomic E-state index is 11.4. The Bertz CT molecular complexity index is 312. The van der Waals surface area contributed by atoms with E-state index in [1.165, 1.54) is 7.11 Å². The van der Waals surface area contributed by atoms with E-state index in [0.717, 1.165) is 4.31 Å². The second kappa shape index (κ2) is 4.24. The first-order chi connectivity index (χ1) is 6.45. The van der Waals surface area contributed by atoms with Crippen LogP contribution in [0.3, 0.4) is 0 Å². The molecule has 82 valence electrons. The molecule has 1 rings (SSSR count). The van der Waals surface area contributed by atoms with Crippen molar-refractivity contribution in [1.29, 1.82) is 0 Å². The minimum atomic E-state index is -3.65. The van der Waals surface area contributed by atoms with E-state index in [1.54, 1.807) is 0 Å². The first-order valence-corrected chi connectivity index (χ1v) is 5.79. The van der Waals surface area contributed by atoms with Crippen molar-refractivity contribution in [2.24, 2.45) is 0 Å². The molecule has 0 spiro atoms. The summed E-state index contributed by atoms with van der Waals surface area (Å²) in [5.41, 5.74) is 0. The van der Waals surface area contributed by atoms with Gasteiger partial charge in [0.15, 0.2) is 5.75 Å². The Labute approximate surface area is 82.5 Å². The highest BCUT2D eigenvalue weighted by Gasteiger charge is 2.32. The van der Waals surface area contributed by atoms with E-state index < -0.39 is 21.7 Å². The Morgan fingerprint density at radius 3 is 2.71 bits per heavy atom. The molecule has 1 aliphatic rings. The van der Waals surface area contributed by atoms with Crippen LogP contribution in [-0.2, 0) is 19.6 Å². The quantitative estimate of drug-likeness (QED) is 0.669. The Hall–Kier alpha value is -0.660. The van der Waals surface area contributed by atoms with Crippen molar-refractivity contribution in [1.82, 2.24) is 4.31 Å². The number of carboxylic acids is 1. The third-order valence-electron chi connectivity index (χ3n) is 2.14. The summed E-state index contributed by atoms with van der Waals surface area (Å²) in [6.45, 7) is 0.597. The number of ether oxygens (including phenoxy) is 1. The van der Waals surface area contributed by atoms with E-state index in [4.69, 9.17) is 9.84 Å². The predicted octanol–water partition coefficient (Wildman–Crippen LogP) is -0.878. The molecule has 1 N–H and O–H groups in total. The molecule has 7 heteroatoms. The molecule has 1 unspecified atom stereocenters. The largest absolute Gasteiger partial charge is 0.480 e. The zero-order chi connectivity index (χ0) is 10.8. The number of hydrogen-bond donors (Lipinski definition) is 1. The summed E-state index contributed by atoms with van der Waals surface area (Å²) in [7, 11) is -2.14. The third-order valence-corrected chi connectivity index (χ3v) is 3.87. The SMILES string of the molecule is COC1CCN(S(=O)(=O)CC(=O)O)C1.